The molecule has 2 aliphatic rings. The Bertz CT molecular complexity index is 504. The van der Waals surface area contributed by atoms with Gasteiger partial charge in [-0.25, -0.2) is 0 Å². The van der Waals surface area contributed by atoms with Gasteiger partial charge in [-0.05, 0) is 31.5 Å². The quantitative estimate of drug-likeness (QED) is 0.822. The molecular weight excluding hydrogens is 361 g/mol. The van der Waals surface area contributed by atoms with Crippen LogP contribution in [0.15, 0.2) is 30.3 Å². The molecule has 2 N–H and O–H groups in total. The van der Waals surface area contributed by atoms with Gasteiger partial charge in [0.05, 0.1) is 6.10 Å². The van der Waals surface area contributed by atoms with E-state index in [4.69, 9.17) is 0 Å². The van der Waals surface area contributed by atoms with Crippen molar-refractivity contribution in [2.24, 2.45) is 5.92 Å². The third kappa shape index (κ3) is 6.12. The number of hydrogen-bond donors (Lipinski definition) is 2. The number of halogens is 2. The number of piperazine rings is 1. The summed E-state index contributed by atoms with van der Waals surface area (Å²) in [7, 11) is 0. The van der Waals surface area contributed by atoms with Crippen LogP contribution in [0.4, 0.5) is 0 Å². The fraction of sp³-hybridized carbons (Fsp3) is 0.611. The van der Waals surface area contributed by atoms with Gasteiger partial charge in [0, 0.05) is 38.6 Å². The number of piperidine rings is 1. The number of hydrogen-bond acceptors (Lipinski definition) is 4. The molecule has 0 saturated carbocycles. The van der Waals surface area contributed by atoms with Gasteiger partial charge in [0.25, 0.3) is 0 Å². The number of nitrogens with one attached hydrogen (secondary N) is 1. The van der Waals surface area contributed by atoms with Crippen molar-refractivity contribution in [3.8, 4) is 0 Å². The van der Waals surface area contributed by atoms with Gasteiger partial charge in [-0.2, -0.15) is 0 Å². The molecule has 0 radical (unpaired) electrons. The van der Waals surface area contributed by atoms with Crippen LogP contribution in [0, 0.1) is 5.92 Å². The maximum absolute atomic E-state index is 12.5. The first-order valence-corrected chi connectivity index (χ1v) is 8.69. The van der Waals surface area contributed by atoms with Crippen molar-refractivity contribution in [2.45, 2.75) is 18.9 Å². The number of aliphatic hydroxyl groups is 1. The van der Waals surface area contributed by atoms with E-state index in [1.54, 1.807) is 0 Å². The van der Waals surface area contributed by atoms with Gasteiger partial charge in [0.2, 0.25) is 5.91 Å². The van der Waals surface area contributed by atoms with Crippen LogP contribution in [-0.2, 0) is 4.79 Å². The maximum atomic E-state index is 12.5. The summed E-state index contributed by atoms with van der Waals surface area (Å²) in [6.07, 6.45) is 1.47. The molecule has 0 aromatic heterocycles. The molecular formula is C18H29Cl2N3O2. The van der Waals surface area contributed by atoms with Crippen LogP contribution in [0.1, 0.15) is 24.5 Å². The highest BCUT2D eigenvalue weighted by Crippen LogP contribution is 2.18. The molecule has 7 heteroatoms. The molecule has 2 fully saturated rings. The molecule has 2 saturated heterocycles. The van der Waals surface area contributed by atoms with Crippen molar-refractivity contribution in [3.63, 3.8) is 0 Å². The lowest BCUT2D eigenvalue weighted by atomic mass is 9.96. The molecule has 5 nitrogen and oxygen atoms in total. The van der Waals surface area contributed by atoms with E-state index in [-0.39, 0.29) is 30.7 Å². The summed E-state index contributed by atoms with van der Waals surface area (Å²) in [5.41, 5.74) is 0.959. The third-order valence-corrected chi connectivity index (χ3v) is 4.99. The lowest BCUT2D eigenvalue weighted by Crippen LogP contribution is -2.52. The van der Waals surface area contributed by atoms with Crippen molar-refractivity contribution >= 4 is 30.7 Å². The summed E-state index contributed by atoms with van der Waals surface area (Å²) < 4.78 is 0. The van der Waals surface area contributed by atoms with Crippen molar-refractivity contribution < 1.29 is 9.90 Å². The molecule has 2 heterocycles. The van der Waals surface area contributed by atoms with Crippen molar-refractivity contribution in [1.29, 1.82) is 0 Å². The smallest absolute Gasteiger partial charge is 0.225 e. The van der Waals surface area contributed by atoms with E-state index >= 15 is 0 Å². The maximum Gasteiger partial charge on any atom is 0.225 e. The van der Waals surface area contributed by atoms with E-state index in [0.717, 1.165) is 57.7 Å². The van der Waals surface area contributed by atoms with Crippen LogP contribution < -0.4 is 5.32 Å². The Labute approximate surface area is 162 Å². The minimum absolute atomic E-state index is 0. The van der Waals surface area contributed by atoms with Gasteiger partial charge in [-0.1, -0.05) is 30.3 Å². The fourth-order valence-electron chi connectivity index (χ4n) is 3.50. The van der Waals surface area contributed by atoms with Crippen molar-refractivity contribution in [3.05, 3.63) is 35.9 Å². The molecule has 1 amide bonds. The van der Waals surface area contributed by atoms with E-state index < -0.39 is 6.10 Å². The number of carbonyl (C=O) groups excluding carboxylic acids is 1. The predicted octanol–water partition coefficient (Wildman–Crippen LogP) is 1.71. The Balaban J connectivity index is 0.00000156. The molecule has 1 aromatic carbocycles. The fourth-order valence-corrected chi connectivity index (χ4v) is 3.50. The van der Waals surface area contributed by atoms with E-state index in [1.807, 2.05) is 35.2 Å². The number of benzene rings is 1. The summed E-state index contributed by atoms with van der Waals surface area (Å²) in [4.78, 5) is 16.8. The summed E-state index contributed by atoms with van der Waals surface area (Å²) >= 11 is 0. The van der Waals surface area contributed by atoms with E-state index in [9.17, 15) is 9.90 Å². The lowest BCUT2D eigenvalue weighted by molar-refractivity contribution is -0.138. The van der Waals surface area contributed by atoms with Gasteiger partial charge in [-0.3, -0.25) is 9.69 Å². The average Bonchev–Trinajstić information content (AvgIpc) is 2.63. The van der Waals surface area contributed by atoms with Gasteiger partial charge >= 0.3 is 0 Å². The van der Waals surface area contributed by atoms with E-state index in [1.165, 1.54) is 0 Å². The first kappa shape index (κ1) is 22.2. The zero-order chi connectivity index (χ0) is 16.1. The highest BCUT2D eigenvalue weighted by molar-refractivity contribution is 5.85. The van der Waals surface area contributed by atoms with E-state index in [2.05, 4.69) is 10.2 Å². The standard InChI is InChI=1S/C18H27N3O2.2ClH/c22-17(15-4-2-1-3-5-15)14-20-10-12-21(13-11-20)18(23)16-6-8-19-9-7-16;;/h1-5,16-17,19,22H,6-14H2;2*1H. The molecule has 3 rings (SSSR count). The number of β-amino-alcohol motifs (C(OH)–C–C–N with tert-alkyl or cyclic N) is 1. The second-order valence-electron chi connectivity index (χ2n) is 6.58. The number of nitrogens with zero attached hydrogens (tertiary/aromatic N) is 2. The molecule has 142 valence electrons. The monoisotopic (exact) mass is 389 g/mol. The molecule has 2 aliphatic heterocycles. The second kappa shape index (κ2) is 11.0. The SMILES string of the molecule is Cl.Cl.O=C(C1CCNCC1)N1CCN(CC(O)c2ccccc2)CC1. The first-order chi connectivity index (χ1) is 11.2. The van der Waals surface area contributed by atoms with Crippen LogP contribution in [0.5, 0.6) is 0 Å². The van der Waals surface area contributed by atoms with Crippen molar-refractivity contribution in [1.82, 2.24) is 15.1 Å². The van der Waals surface area contributed by atoms with Crippen LogP contribution in [-0.4, -0.2) is 66.6 Å². The summed E-state index contributed by atoms with van der Waals surface area (Å²) in [6, 6.07) is 9.78. The zero-order valence-corrected chi connectivity index (χ0v) is 16.1. The summed E-state index contributed by atoms with van der Waals surface area (Å²) in [5.74, 6) is 0.535. The molecule has 0 spiro atoms. The highest BCUT2D eigenvalue weighted by atomic mass is 35.5. The Hall–Kier alpha value is -0.850. The Morgan fingerprint density at radius 2 is 1.68 bits per heavy atom. The van der Waals surface area contributed by atoms with Crippen LogP contribution in [0.25, 0.3) is 0 Å². The minimum atomic E-state index is -0.456. The summed E-state index contributed by atoms with van der Waals surface area (Å²) in [5, 5.41) is 13.6. The van der Waals surface area contributed by atoms with Crippen LogP contribution >= 0.6 is 24.8 Å². The van der Waals surface area contributed by atoms with Crippen molar-refractivity contribution in [2.75, 3.05) is 45.8 Å². The zero-order valence-electron chi connectivity index (χ0n) is 14.5. The largest absolute Gasteiger partial charge is 0.387 e. The Kier molecular flexibility index (Phi) is 9.75. The summed E-state index contributed by atoms with van der Waals surface area (Å²) in [6.45, 7) is 5.81. The molecule has 0 bridgehead atoms. The minimum Gasteiger partial charge on any atom is -0.387 e. The number of amides is 1. The topological polar surface area (TPSA) is 55.8 Å². The second-order valence-corrected chi connectivity index (χ2v) is 6.58. The molecule has 1 aromatic rings. The molecule has 1 atom stereocenters. The van der Waals surface area contributed by atoms with Gasteiger partial charge in [-0.15, -0.1) is 24.8 Å². The number of rotatable bonds is 4. The molecule has 1 unspecified atom stereocenters. The van der Waals surface area contributed by atoms with Gasteiger partial charge in [0.1, 0.15) is 0 Å². The molecule has 25 heavy (non-hydrogen) atoms. The van der Waals surface area contributed by atoms with Crippen LogP contribution in [0.3, 0.4) is 0 Å². The highest BCUT2D eigenvalue weighted by Gasteiger charge is 2.28. The number of aliphatic hydroxyl groups excluding tert-OH is 1. The average molecular weight is 390 g/mol. The third-order valence-electron chi connectivity index (χ3n) is 4.99. The number of carbonyl (C=O) groups is 1. The molecule has 0 aliphatic carbocycles. The van der Waals surface area contributed by atoms with Gasteiger partial charge < -0.3 is 15.3 Å². The normalized spacial score (nSPS) is 20.3. The predicted molar refractivity (Wildman–Crippen MR) is 105 cm³/mol. The van der Waals surface area contributed by atoms with Crippen LogP contribution in [0.2, 0.25) is 0 Å². The Morgan fingerprint density at radius 1 is 1.08 bits per heavy atom. The van der Waals surface area contributed by atoms with E-state index in [0.29, 0.717) is 12.5 Å². The van der Waals surface area contributed by atoms with Gasteiger partial charge in [0.15, 0.2) is 0 Å². The lowest BCUT2D eigenvalue weighted by Gasteiger charge is -2.37. The Morgan fingerprint density at radius 3 is 2.28 bits per heavy atom. The first-order valence-electron chi connectivity index (χ1n) is 8.69.